The Labute approximate surface area is 177 Å². The van der Waals surface area contributed by atoms with Crippen LogP contribution in [0.25, 0.3) is 22.0 Å². The highest BCUT2D eigenvalue weighted by Crippen LogP contribution is 2.26. The van der Waals surface area contributed by atoms with Crippen molar-refractivity contribution in [2.24, 2.45) is 0 Å². The summed E-state index contributed by atoms with van der Waals surface area (Å²) in [7, 11) is 0. The number of carbonyl (C=O) groups is 1. The first-order valence-corrected chi connectivity index (χ1v) is 10.4. The van der Waals surface area contributed by atoms with Gasteiger partial charge in [0.25, 0.3) is 5.56 Å². The molecule has 0 bridgehead atoms. The Balaban J connectivity index is 1.34. The van der Waals surface area contributed by atoms with Crippen LogP contribution < -0.4 is 11.3 Å². The van der Waals surface area contributed by atoms with Crippen LogP contribution in [0, 0.1) is 0 Å². The second-order valence-electron chi connectivity index (χ2n) is 7.91. The van der Waals surface area contributed by atoms with E-state index in [2.05, 4.69) is 4.98 Å². The van der Waals surface area contributed by atoms with Gasteiger partial charge in [-0.15, -0.1) is 0 Å². The molecule has 1 amide bonds. The molecule has 0 N–H and O–H groups in total. The fourth-order valence-corrected chi connectivity index (χ4v) is 4.42. The van der Waals surface area contributed by atoms with Gasteiger partial charge in [0.15, 0.2) is 5.58 Å². The van der Waals surface area contributed by atoms with Gasteiger partial charge < -0.3 is 9.32 Å². The maximum Gasteiger partial charge on any atom is 0.420 e. The predicted octanol–water partition coefficient (Wildman–Crippen LogP) is 2.73. The zero-order chi connectivity index (χ0) is 21.5. The number of fused-ring (bicyclic) bond motifs is 2. The van der Waals surface area contributed by atoms with Crippen LogP contribution in [0.4, 0.5) is 0 Å². The minimum Gasteiger partial charge on any atom is -0.408 e. The molecule has 0 spiro atoms. The lowest BCUT2D eigenvalue weighted by atomic mass is 10.0. The van der Waals surface area contributed by atoms with E-state index in [1.165, 1.54) is 10.9 Å². The highest BCUT2D eigenvalue weighted by Gasteiger charge is 2.30. The fraction of sp³-hybridized carbons (Fsp3) is 0.304. The van der Waals surface area contributed by atoms with Crippen LogP contribution in [-0.4, -0.2) is 38.0 Å². The van der Waals surface area contributed by atoms with Crippen molar-refractivity contribution in [1.29, 1.82) is 0 Å². The standard InChI is InChI=1S/C23H22N4O4/c1-15(26-14-24-18-7-3-2-6-17(18)22(26)29)21(28)25-12-10-16(11-13-25)27-19-8-4-5-9-20(19)31-23(27)30/h2-9,14-16H,10-13H2,1H3/t15-/m0/s1. The highest BCUT2D eigenvalue weighted by molar-refractivity contribution is 5.81. The summed E-state index contributed by atoms with van der Waals surface area (Å²) < 4.78 is 8.44. The van der Waals surface area contributed by atoms with Gasteiger partial charge in [-0.3, -0.25) is 18.7 Å². The molecule has 1 saturated heterocycles. The predicted molar refractivity (Wildman–Crippen MR) is 116 cm³/mol. The van der Waals surface area contributed by atoms with Gasteiger partial charge in [0, 0.05) is 19.1 Å². The van der Waals surface area contributed by atoms with Gasteiger partial charge in [-0.25, -0.2) is 9.78 Å². The van der Waals surface area contributed by atoms with Crippen LogP contribution >= 0.6 is 0 Å². The van der Waals surface area contributed by atoms with E-state index in [9.17, 15) is 14.4 Å². The molecular formula is C23H22N4O4. The first kappa shape index (κ1) is 19.3. The number of hydrogen-bond acceptors (Lipinski definition) is 5. The van der Waals surface area contributed by atoms with Crippen molar-refractivity contribution < 1.29 is 9.21 Å². The topological polar surface area (TPSA) is 90.3 Å². The minimum absolute atomic E-state index is 0.0273. The summed E-state index contributed by atoms with van der Waals surface area (Å²) in [5.74, 6) is -0.491. The van der Waals surface area contributed by atoms with E-state index in [1.54, 1.807) is 40.7 Å². The van der Waals surface area contributed by atoms with E-state index in [0.717, 1.165) is 5.52 Å². The summed E-state index contributed by atoms with van der Waals surface area (Å²) >= 11 is 0. The van der Waals surface area contributed by atoms with Crippen LogP contribution in [-0.2, 0) is 4.79 Å². The number of rotatable bonds is 3. The van der Waals surface area contributed by atoms with Gasteiger partial charge in [0.05, 0.1) is 22.7 Å². The van der Waals surface area contributed by atoms with Crippen LogP contribution in [0.2, 0.25) is 0 Å². The van der Waals surface area contributed by atoms with Crippen LogP contribution in [0.15, 0.2) is 68.9 Å². The van der Waals surface area contributed by atoms with Gasteiger partial charge in [-0.1, -0.05) is 24.3 Å². The lowest BCUT2D eigenvalue weighted by molar-refractivity contribution is -0.135. The number of benzene rings is 2. The molecule has 0 radical (unpaired) electrons. The van der Waals surface area contributed by atoms with Crippen molar-refractivity contribution in [2.45, 2.75) is 31.8 Å². The van der Waals surface area contributed by atoms with Crippen LogP contribution in [0.5, 0.6) is 0 Å². The van der Waals surface area contributed by atoms with Gasteiger partial charge in [-0.05, 0) is 44.0 Å². The molecule has 8 heteroatoms. The third-order valence-corrected chi connectivity index (χ3v) is 6.12. The van der Waals surface area contributed by atoms with Crippen molar-refractivity contribution in [2.75, 3.05) is 13.1 Å². The number of carbonyl (C=O) groups excluding carboxylic acids is 1. The lowest BCUT2D eigenvalue weighted by Crippen LogP contribution is -2.44. The van der Waals surface area contributed by atoms with Crippen LogP contribution in [0.3, 0.4) is 0 Å². The molecule has 3 heterocycles. The molecule has 31 heavy (non-hydrogen) atoms. The second-order valence-corrected chi connectivity index (χ2v) is 7.91. The number of para-hydroxylation sites is 3. The average Bonchev–Trinajstić information content (AvgIpc) is 3.14. The molecule has 1 fully saturated rings. The number of oxazole rings is 1. The second kappa shape index (κ2) is 7.54. The van der Waals surface area contributed by atoms with Gasteiger partial charge in [-0.2, -0.15) is 0 Å². The Bertz CT molecular complexity index is 1390. The lowest BCUT2D eigenvalue weighted by Gasteiger charge is -2.34. The number of amides is 1. The zero-order valence-electron chi connectivity index (χ0n) is 17.1. The molecular weight excluding hydrogens is 396 g/mol. The SMILES string of the molecule is C[C@@H](C(=O)N1CCC(n2c(=O)oc3ccccc32)CC1)n1cnc2ccccc2c1=O. The maximum atomic E-state index is 13.1. The third-order valence-electron chi connectivity index (χ3n) is 6.12. The number of piperidine rings is 1. The molecule has 2 aromatic carbocycles. The monoisotopic (exact) mass is 418 g/mol. The molecule has 8 nitrogen and oxygen atoms in total. The van der Waals surface area contributed by atoms with E-state index in [1.807, 2.05) is 24.3 Å². The summed E-state index contributed by atoms with van der Waals surface area (Å²) in [6, 6.07) is 13.8. The Hall–Kier alpha value is -3.68. The van der Waals surface area contributed by atoms with E-state index in [0.29, 0.717) is 42.4 Å². The molecule has 4 aromatic rings. The molecule has 158 valence electrons. The molecule has 1 aliphatic heterocycles. The normalized spacial score (nSPS) is 16.1. The fourth-order valence-electron chi connectivity index (χ4n) is 4.42. The Kier molecular flexibility index (Phi) is 4.69. The molecule has 1 atom stereocenters. The van der Waals surface area contributed by atoms with E-state index in [-0.39, 0.29) is 23.3 Å². The van der Waals surface area contributed by atoms with Crippen molar-refractivity contribution in [3.8, 4) is 0 Å². The van der Waals surface area contributed by atoms with E-state index >= 15 is 0 Å². The third kappa shape index (κ3) is 3.24. The first-order chi connectivity index (χ1) is 15.0. The summed E-state index contributed by atoms with van der Waals surface area (Å²) in [4.78, 5) is 44.4. The smallest absolute Gasteiger partial charge is 0.408 e. The highest BCUT2D eigenvalue weighted by atomic mass is 16.4. The Morgan fingerprint density at radius 2 is 1.77 bits per heavy atom. The number of nitrogens with zero attached hydrogens (tertiary/aromatic N) is 4. The summed E-state index contributed by atoms with van der Waals surface area (Å²) in [5, 5.41) is 0.495. The zero-order valence-corrected chi connectivity index (χ0v) is 17.1. The van der Waals surface area contributed by atoms with Crippen molar-refractivity contribution in [3.63, 3.8) is 0 Å². The summed E-state index contributed by atoms with van der Waals surface area (Å²) in [5.41, 5.74) is 1.74. The number of hydrogen-bond donors (Lipinski definition) is 0. The molecule has 0 saturated carbocycles. The maximum absolute atomic E-state index is 13.1. The summed E-state index contributed by atoms with van der Waals surface area (Å²) in [6.45, 7) is 2.74. The average molecular weight is 418 g/mol. The number of likely N-dealkylation sites (tertiary alicyclic amines) is 1. The van der Waals surface area contributed by atoms with Crippen molar-refractivity contribution in [1.82, 2.24) is 19.0 Å². The van der Waals surface area contributed by atoms with Crippen molar-refractivity contribution >= 4 is 27.9 Å². The molecule has 2 aromatic heterocycles. The van der Waals surface area contributed by atoms with E-state index < -0.39 is 6.04 Å². The quantitative estimate of drug-likeness (QED) is 0.510. The largest absolute Gasteiger partial charge is 0.420 e. The molecule has 1 aliphatic rings. The molecule has 0 unspecified atom stereocenters. The van der Waals surface area contributed by atoms with Gasteiger partial charge in [0.2, 0.25) is 5.91 Å². The Morgan fingerprint density at radius 1 is 1.06 bits per heavy atom. The number of aromatic nitrogens is 3. The van der Waals surface area contributed by atoms with Crippen LogP contribution in [0.1, 0.15) is 31.8 Å². The molecule has 5 rings (SSSR count). The van der Waals surface area contributed by atoms with Gasteiger partial charge >= 0.3 is 5.76 Å². The Morgan fingerprint density at radius 3 is 2.58 bits per heavy atom. The summed E-state index contributed by atoms with van der Waals surface area (Å²) in [6.07, 6.45) is 2.73. The van der Waals surface area contributed by atoms with Gasteiger partial charge in [0.1, 0.15) is 6.04 Å². The molecule has 0 aliphatic carbocycles. The van der Waals surface area contributed by atoms with Crippen molar-refractivity contribution in [3.05, 3.63) is 75.8 Å². The minimum atomic E-state index is -0.654. The van der Waals surface area contributed by atoms with E-state index in [4.69, 9.17) is 4.42 Å². The first-order valence-electron chi connectivity index (χ1n) is 10.4.